The Morgan fingerprint density at radius 3 is 2.67 bits per heavy atom. The van der Waals surface area contributed by atoms with E-state index in [1.165, 1.54) is 7.11 Å². The van der Waals surface area contributed by atoms with Crippen LogP contribution in [-0.2, 0) is 24.2 Å². The van der Waals surface area contributed by atoms with Gasteiger partial charge in [-0.05, 0) is 62.6 Å². The van der Waals surface area contributed by atoms with Crippen LogP contribution < -0.4 is 5.32 Å². The summed E-state index contributed by atoms with van der Waals surface area (Å²) in [7, 11) is 1.38. The predicted octanol–water partition coefficient (Wildman–Crippen LogP) is 5.05. The Hall–Kier alpha value is -3.52. The van der Waals surface area contributed by atoms with Gasteiger partial charge in [0.1, 0.15) is 5.69 Å². The largest absolute Gasteiger partial charge is 0.465 e. The molecule has 33 heavy (non-hydrogen) atoms. The maximum atomic E-state index is 11.6. The summed E-state index contributed by atoms with van der Waals surface area (Å²) in [6.45, 7) is 5.49. The summed E-state index contributed by atoms with van der Waals surface area (Å²) in [5.41, 5.74) is 5.67. The van der Waals surface area contributed by atoms with E-state index < -0.39 is 0 Å². The molecule has 0 unspecified atom stereocenters. The summed E-state index contributed by atoms with van der Waals surface area (Å²) in [5.74, 6) is -0.332. The molecule has 8 heteroatoms. The highest BCUT2D eigenvalue weighted by Crippen LogP contribution is 2.31. The predicted molar refractivity (Wildman–Crippen MR) is 130 cm³/mol. The molecule has 0 aliphatic heterocycles. The molecule has 1 aromatic carbocycles. The molecule has 0 amide bonds. The lowest BCUT2D eigenvalue weighted by Crippen LogP contribution is -2.02. The number of thiazole rings is 1. The number of nitrogens with zero attached hydrogens (tertiary/aromatic N) is 4. The van der Waals surface area contributed by atoms with Gasteiger partial charge in [-0.25, -0.2) is 9.78 Å². The van der Waals surface area contributed by atoms with Gasteiger partial charge in [0, 0.05) is 30.7 Å². The van der Waals surface area contributed by atoms with Crippen molar-refractivity contribution in [1.82, 2.24) is 19.7 Å². The van der Waals surface area contributed by atoms with Gasteiger partial charge in [-0.2, -0.15) is 5.10 Å². The average Bonchev–Trinajstić information content (AvgIpc) is 3.43. The topological polar surface area (TPSA) is 81.9 Å². The Bertz CT molecular complexity index is 1230. The van der Waals surface area contributed by atoms with Gasteiger partial charge in [-0.3, -0.25) is 9.67 Å². The minimum absolute atomic E-state index is 0.332. The zero-order valence-electron chi connectivity index (χ0n) is 19.0. The van der Waals surface area contributed by atoms with Crippen LogP contribution in [0.3, 0.4) is 0 Å². The molecule has 0 bridgehead atoms. The van der Waals surface area contributed by atoms with Crippen LogP contribution in [0.25, 0.3) is 10.6 Å². The van der Waals surface area contributed by atoms with E-state index in [-0.39, 0.29) is 5.97 Å². The monoisotopic (exact) mass is 461 g/mol. The van der Waals surface area contributed by atoms with Crippen LogP contribution in [0.2, 0.25) is 0 Å². The summed E-state index contributed by atoms with van der Waals surface area (Å²) in [5, 5.41) is 8.97. The number of rotatable bonds is 9. The van der Waals surface area contributed by atoms with Crippen molar-refractivity contribution in [3.63, 3.8) is 0 Å². The molecule has 0 aliphatic rings. The third kappa shape index (κ3) is 5.84. The van der Waals surface area contributed by atoms with Crippen LogP contribution in [-0.4, -0.2) is 32.8 Å². The Morgan fingerprint density at radius 2 is 1.91 bits per heavy atom. The van der Waals surface area contributed by atoms with Gasteiger partial charge in [0.25, 0.3) is 0 Å². The van der Waals surface area contributed by atoms with E-state index in [0.717, 1.165) is 57.7 Å². The third-order valence-corrected chi connectivity index (χ3v) is 6.39. The van der Waals surface area contributed by atoms with Crippen molar-refractivity contribution >= 4 is 22.4 Å². The fourth-order valence-electron chi connectivity index (χ4n) is 3.53. The van der Waals surface area contributed by atoms with Gasteiger partial charge in [0.15, 0.2) is 5.13 Å². The SMILES string of the molecule is COC(=O)c1ccc(CNc2nc(C)c(-c3ccn(CCCc4cccc(C)n4)n3)s2)cc1. The Balaban J connectivity index is 1.33. The van der Waals surface area contributed by atoms with Crippen LogP contribution in [0.4, 0.5) is 5.13 Å². The first-order valence-corrected chi connectivity index (χ1v) is 11.7. The molecule has 4 rings (SSSR count). The lowest BCUT2D eigenvalue weighted by Gasteiger charge is -2.04. The molecule has 3 heterocycles. The number of aromatic nitrogens is 4. The normalized spacial score (nSPS) is 10.9. The molecule has 0 saturated heterocycles. The van der Waals surface area contributed by atoms with E-state index in [9.17, 15) is 4.79 Å². The van der Waals surface area contributed by atoms with Crippen molar-refractivity contribution in [1.29, 1.82) is 0 Å². The number of anilines is 1. The lowest BCUT2D eigenvalue weighted by atomic mass is 10.1. The van der Waals surface area contributed by atoms with Crippen LogP contribution in [0.5, 0.6) is 0 Å². The highest BCUT2D eigenvalue weighted by atomic mass is 32.1. The first-order valence-electron chi connectivity index (χ1n) is 10.9. The number of benzene rings is 1. The lowest BCUT2D eigenvalue weighted by molar-refractivity contribution is 0.0600. The number of carbonyl (C=O) groups is 1. The molecular formula is C25H27N5O2S. The molecule has 4 aromatic rings. The zero-order chi connectivity index (χ0) is 23.2. The summed E-state index contributed by atoms with van der Waals surface area (Å²) in [4.78, 5) is 21.8. The second kappa shape index (κ2) is 10.4. The molecule has 3 aromatic heterocycles. The van der Waals surface area contributed by atoms with Gasteiger partial charge in [-0.1, -0.05) is 29.5 Å². The van der Waals surface area contributed by atoms with Gasteiger partial charge >= 0.3 is 5.97 Å². The second-order valence-electron chi connectivity index (χ2n) is 7.81. The number of hydrogen-bond acceptors (Lipinski definition) is 7. The van der Waals surface area contributed by atoms with Crippen LogP contribution in [0.15, 0.2) is 54.7 Å². The minimum atomic E-state index is -0.332. The number of nitrogens with one attached hydrogen (secondary N) is 1. The van der Waals surface area contributed by atoms with E-state index in [4.69, 9.17) is 9.84 Å². The number of carbonyl (C=O) groups excluding carboxylic acids is 1. The smallest absolute Gasteiger partial charge is 0.337 e. The van der Waals surface area contributed by atoms with E-state index >= 15 is 0 Å². The van der Waals surface area contributed by atoms with E-state index in [1.807, 2.05) is 49.0 Å². The fraction of sp³-hybridized carbons (Fsp3) is 0.280. The molecule has 0 atom stereocenters. The van der Waals surface area contributed by atoms with Crippen molar-refractivity contribution in [2.45, 2.75) is 39.8 Å². The standard InChI is InChI=1S/C25H27N5O2S/c1-17-6-4-7-21(27-17)8-5-14-30-15-13-22(29-30)23-18(2)28-25(33-23)26-16-19-9-11-20(12-10-19)24(31)32-3/h4,6-7,9-13,15H,5,8,14,16H2,1-3H3,(H,26,28). The molecule has 7 nitrogen and oxygen atoms in total. The summed E-state index contributed by atoms with van der Waals surface area (Å²) >= 11 is 1.60. The molecule has 1 N–H and O–H groups in total. The molecule has 0 spiro atoms. The van der Waals surface area contributed by atoms with Gasteiger partial charge in [-0.15, -0.1) is 0 Å². The third-order valence-electron chi connectivity index (χ3n) is 5.25. The number of methoxy groups -OCH3 is 1. The maximum absolute atomic E-state index is 11.6. The van der Waals surface area contributed by atoms with Crippen molar-refractivity contribution in [2.75, 3.05) is 12.4 Å². The fourth-order valence-corrected chi connectivity index (χ4v) is 4.46. The molecule has 0 fully saturated rings. The first-order chi connectivity index (χ1) is 16.0. The number of hydrogen-bond donors (Lipinski definition) is 1. The van der Waals surface area contributed by atoms with Crippen LogP contribution in [0.1, 0.15) is 39.4 Å². The Labute approximate surface area is 197 Å². The van der Waals surface area contributed by atoms with Gasteiger partial charge in [0.05, 0.1) is 23.2 Å². The summed E-state index contributed by atoms with van der Waals surface area (Å²) in [6, 6.07) is 15.5. The highest BCUT2D eigenvalue weighted by molar-refractivity contribution is 7.19. The molecule has 0 aliphatic carbocycles. The zero-order valence-corrected chi connectivity index (χ0v) is 19.9. The number of esters is 1. The van der Waals surface area contributed by atoms with E-state index in [2.05, 4.69) is 27.4 Å². The van der Waals surface area contributed by atoms with E-state index in [1.54, 1.807) is 23.5 Å². The van der Waals surface area contributed by atoms with Crippen molar-refractivity contribution in [3.8, 4) is 10.6 Å². The first kappa shape index (κ1) is 22.7. The van der Waals surface area contributed by atoms with Crippen LogP contribution >= 0.6 is 11.3 Å². The molecule has 0 saturated carbocycles. The van der Waals surface area contributed by atoms with Gasteiger partial charge < -0.3 is 10.1 Å². The second-order valence-corrected chi connectivity index (χ2v) is 8.81. The van der Waals surface area contributed by atoms with Crippen molar-refractivity contribution in [2.24, 2.45) is 0 Å². The Kier molecular flexibility index (Phi) is 7.14. The average molecular weight is 462 g/mol. The maximum Gasteiger partial charge on any atom is 0.337 e. The molecular weight excluding hydrogens is 434 g/mol. The molecule has 170 valence electrons. The minimum Gasteiger partial charge on any atom is -0.465 e. The summed E-state index contributed by atoms with van der Waals surface area (Å²) < 4.78 is 6.72. The Morgan fingerprint density at radius 1 is 1.09 bits per heavy atom. The number of pyridine rings is 1. The highest BCUT2D eigenvalue weighted by Gasteiger charge is 2.13. The van der Waals surface area contributed by atoms with Crippen molar-refractivity contribution in [3.05, 3.63) is 82.9 Å². The molecule has 0 radical (unpaired) electrons. The van der Waals surface area contributed by atoms with E-state index in [0.29, 0.717) is 12.1 Å². The van der Waals surface area contributed by atoms with Crippen molar-refractivity contribution < 1.29 is 9.53 Å². The quantitative estimate of drug-likeness (QED) is 0.351. The van der Waals surface area contributed by atoms with Crippen LogP contribution in [0, 0.1) is 13.8 Å². The van der Waals surface area contributed by atoms with Gasteiger partial charge in [0.2, 0.25) is 0 Å². The summed E-state index contributed by atoms with van der Waals surface area (Å²) in [6.07, 6.45) is 3.94. The number of ether oxygens (including phenoxy) is 1. The number of aryl methyl sites for hydroxylation is 4.